The Bertz CT molecular complexity index is 368. The Labute approximate surface area is 114 Å². The average Bonchev–Trinajstić information content (AvgIpc) is 2.87. The number of allylic oxidation sites excluding steroid dienone is 1. The van der Waals surface area contributed by atoms with Crippen molar-refractivity contribution in [3.63, 3.8) is 0 Å². The number of carbonyl (C=O) groups is 2. The van der Waals surface area contributed by atoms with E-state index in [0.717, 1.165) is 32.2 Å². The number of amides is 3. The lowest BCUT2D eigenvalue weighted by molar-refractivity contribution is -0.129. The van der Waals surface area contributed by atoms with Crippen LogP contribution in [0, 0.1) is 0 Å². The van der Waals surface area contributed by atoms with Crippen molar-refractivity contribution in [2.45, 2.75) is 51.1 Å². The Balaban J connectivity index is 1.71. The fourth-order valence-corrected chi connectivity index (χ4v) is 2.67. The van der Waals surface area contributed by atoms with Gasteiger partial charge < -0.3 is 15.5 Å². The van der Waals surface area contributed by atoms with Crippen LogP contribution in [0.1, 0.15) is 39.0 Å². The Morgan fingerprint density at radius 1 is 1.21 bits per heavy atom. The molecule has 1 fully saturated rings. The van der Waals surface area contributed by atoms with Crippen LogP contribution in [0.15, 0.2) is 12.2 Å². The molecule has 0 aromatic carbocycles. The summed E-state index contributed by atoms with van der Waals surface area (Å²) in [6.07, 6.45) is 8.62. The van der Waals surface area contributed by atoms with Crippen LogP contribution >= 0.6 is 0 Å². The molecular formula is C14H23N3O2. The average molecular weight is 265 g/mol. The molecule has 5 nitrogen and oxygen atoms in total. The Morgan fingerprint density at radius 2 is 2.00 bits per heavy atom. The van der Waals surface area contributed by atoms with Gasteiger partial charge in [0.1, 0.15) is 0 Å². The first kappa shape index (κ1) is 13.9. The molecule has 0 unspecified atom stereocenters. The van der Waals surface area contributed by atoms with Crippen LogP contribution in [0.2, 0.25) is 0 Å². The van der Waals surface area contributed by atoms with Gasteiger partial charge in [0.2, 0.25) is 5.91 Å². The number of urea groups is 1. The van der Waals surface area contributed by atoms with Crippen molar-refractivity contribution >= 4 is 11.9 Å². The van der Waals surface area contributed by atoms with Gasteiger partial charge >= 0.3 is 6.03 Å². The molecule has 0 aromatic rings. The summed E-state index contributed by atoms with van der Waals surface area (Å²) in [6.45, 7) is 3.26. The molecule has 0 aromatic heterocycles. The summed E-state index contributed by atoms with van der Waals surface area (Å²) in [4.78, 5) is 25.2. The van der Waals surface area contributed by atoms with Gasteiger partial charge in [0.15, 0.2) is 0 Å². The molecule has 0 saturated carbocycles. The number of rotatable bonds is 3. The van der Waals surface area contributed by atoms with E-state index in [9.17, 15) is 9.59 Å². The maximum atomic E-state index is 11.9. The zero-order chi connectivity index (χ0) is 13.7. The maximum absolute atomic E-state index is 11.9. The van der Waals surface area contributed by atoms with Crippen LogP contribution in [-0.4, -0.2) is 42.0 Å². The molecule has 2 N–H and O–H groups in total. The highest BCUT2D eigenvalue weighted by atomic mass is 16.2. The van der Waals surface area contributed by atoms with Crippen molar-refractivity contribution < 1.29 is 9.59 Å². The second kappa shape index (κ2) is 6.59. The summed E-state index contributed by atoms with van der Waals surface area (Å²) in [7, 11) is 0. The number of nitrogens with one attached hydrogen (secondary N) is 2. The smallest absolute Gasteiger partial charge is 0.315 e. The minimum atomic E-state index is -0.101. The molecule has 106 valence electrons. The fourth-order valence-electron chi connectivity index (χ4n) is 2.67. The minimum absolute atomic E-state index is 0.0923. The van der Waals surface area contributed by atoms with Gasteiger partial charge in [-0.3, -0.25) is 4.79 Å². The summed E-state index contributed by atoms with van der Waals surface area (Å²) in [5.41, 5.74) is 0. The molecule has 5 heteroatoms. The standard InChI is InChI=1S/C14H23N3O2/c1-2-13(18)17-9-8-12(10-17)16-14(19)15-11-6-4-3-5-7-11/h3-4,11-12H,2,5-10H2,1H3,(H2,15,16,19)/t11-,12+/m0/s1. The number of nitrogens with zero attached hydrogens (tertiary/aromatic N) is 1. The van der Waals surface area contributed by atoms with Crippen molar-refractivity contribution in [3.8, 4) is 0 Å². The van der Waals surface area contributed by atoms with Crippen LogP contribution in [0.25, 0.3) is 0 Å². The quantitative estimate of drug-likeness (QED) is 0.758. The summed E-state index contributed by atoms with van der Waals surface area (Å²) in [6, 6.07) is 0.241. The molecule has 3 amide bonds. The van der Waals surface area contributed by atoms with Gasteiger partial charge in [-0.1, -0.05) is 19.1 Å². The van der Waals surface area contributed by atoms with Crippen molar-refractivity contribution in [2.75, 3.05) is 13.1 Å². The predicted octanol–water partition coefficient (Wildman–Crippen LogP) is 1.41. The molecule has 0 radical (unpaired) electrons. The molecule has 0 spiro atoms. The van der Waals surface area contributed by atoms with E-state index in [2.05, 4.69) is 22.8 Å². The van der Waals surface area contributed by atoms with E-state index in [1.807, 2.05) is 11.8 Å². The first-order chi connectivity index (χ1) is 9.19. The zero-order valence-electron chi connectivity index (χ0n) is 11.5. The van der Waals surface area contributed by atoms with Crippen molar-refractivity contribution in [3.05, 3.63) is 12.2 Å². The topological polar surface area (TPSA) is 61.4 Å². The molecule has 2 rings (SSSR count). The molecule has 2 atom stereocenters. The monoisotopic (exact) mass is 265 g/mol. The van der Waals surface area contributed by atoms with Gasteiger partial charge in [-0.05, 0) is 25.7 Å². The second-order valence-electron chi connectivity index (χ2n) is 5.28. The third kappa shape index (κ3) is 3.98. The van der Waals surface area contributed by atoms with Gasteiger partial charge in [0, 0.05) is 31.6 Å². The number of hydrogen-bond acceptors (Lipinski definition) is 2. The predicted molar refractivity (Wildman–Crippen MR) is 73.7 cm³/mol. The highest BCUT2D eigenvalue weighted by Crippen LogP contribution is 2.12. The highest BCUT2D eigenvalue weighted by molar-refractivity contribution is 5.77. The molecule has 1 saturated heterocycles. The molecule has 1 aliphatic carbocycles. The number of hydrogen-bond donors (Lipinski definition) is 2. The van der Waals surface area contributed by atoms with Crippen LogP contribution in [0.5, 0.6) is 0 Å². The van der Waals surface area contributed by atoms with E-state index in [1.165, 1.54) is 0 Å². The lowest BCUT2D eigenvalue weighted by Crippen LogP contribution is -2.47. The first-order valence-electron chi connectivity index (χ1n) is 7.19. The van der Waals surface area contributed by atoms with Gasteiger partial charge in [-0.2, -0.15) is 0 Å². The van der Waals surface area contributed by atoms with Crippen molar-refractivity contribution in [1.29, 1.82) is 0 Å². The Kier molecular flexibility index (Phi) is 4.82. The first-order valence-corrected chi connectivity index (χ1v) is 7.19. The fraction of sp³-hybridized carbons (Fsp3) is 0.714. The molecular weight excluding hydrogens is 242 g/mol. The molecule has 1 heterocycles. The highest BCUT2D eigenvalue weighted by Gasteiger charge is 2.26. The second-order valence-corrected chi connectivity index (χ2v) is 5.28. The van der Waals surface area contributed by atoms with E-state index in [0.29, 0.717) is 13.0 Å². The lowest BCUT2D eigenvalue weighted by Gasteiger charge is -2.21. The largest absolute Gasteiger partial charge is 0.341 e. The number of likely N-dealkylation sites (tertiary alicyclic amines) is 1. The van der Waals surface area contributed by atoms with Crippen LogP contribution in [0.4, 0.5) is 4.79 Å². The van der Waals surface area contributed by atoms with Crippen LogP contribution in [0.3, 0.4) is 0 Å². The third-order valence-electron chi connectivity index (χ3n) is 3.78. The lowest BCUT2D eigenvalue weighted by atomic mass is 10.0. The van der Waals surface area contributed by atoms with Gasteiger partial charge in [0.25, 0.3) is 0 Å². The SMILES string of the molecule is CCC(=O)N1CC[C@@H](NC(=O)N[C@H]2CC=CCC2)C1. The van der Waals surface area contributed by atoms with Crippen molar-refractivity contribution in [1.82, 2.24) is 15.5 Å². The van der Waals surface area contributed by atoms with Gasteiger partial charge in [-0.15, -0.1) is 0 Å². The maximum Gasteiger partial charge on any atom is 0.315 e. The zero-order valence-corrected chi connectivity index (χ0v) is 11.5. The summed E-state index contributed by atoms with van der Waals surface area (Å²) in [5, 5.41) is 5.97. The van der Waals surface area contributed by atoms with Gasteiger partial charge in [-0.25, -0.2) is 4.79 Å². The molecule has 19 heavy (non-hydrogen) atoms. The van der Waals surface area contributed by atoms with E-state index >= 15 is 0 Å². The normalized spacial score (nSPS) is 26.3. The molecule has 2 aliphatic rings. The van der Waals surface area contributed by atoms with E-state index in [-0.39, 0.29) is 24.0 Å². The van der Waals surface area contributed by atoms with E-state index in [4.69, 9.17) is 0 Å². The van der Waals surface area contributed by atoms with Gasteiger partial charge in [0.05, 0.1) is 0 Å². The van der Waals surface area contributed by atoms with Crippen LogP contribution < -0.4 is 10.6 Å². The molecule has 0 bridgehead atoms. The Hall–Kier alpha value is -1.52. The molecule has 1 aliphatic heterocycles. The minimum Gasteiger partial charge on any atom is -0.341 e. The van der Waals surface area contributed by atoms with Crippen LogP contribution in [-0.2, 0) is 4.79 Å². The van der Waals surface area contributed by atoms with Crippen molar-refractivity contribution in [2.24, 2.45) is 0 Å². The summed E-state index contributed by atoms with van der Waals surface area (Å²) < 4.78 is 0. The number of carbonyl (C=O) groups excluding carboxylic acids is 2. The Morgan fingerprint density at radius 3 is 2.68 bits per heavy atom. The van der Waals surface area contributed by atoms with E-state index < -0.39 is 0 Å². The van der Waals surface area contributed by atoms with E-state index in [1.54, 1.807) is 0 Å². The summed E-state index contributed by atoms with van der Waals surface area (Å²) in [5.74, 6) is 0.169. The third-order valence-corrected chi connectivity index (χ3v) is 3.78. The summed E-state index contributed by atoms with van der Waals surface area (Å²) >= 11 is 0.